The maximum Gasteiger partial charge on any atom is 0.241 e. The Morgan fingerprint density at radius 2 is 1.61 bits per heavy atom. The molecular weight excluding hydrogens is 377 g/mol. The van der Waals surface area contributed by atoms with Crippen LogP contribution in [0.15, 0.2) is 71.6 Å². The Hall–Kier alpha value is -2.28. The first-order valence-electron chi connectivity index (χ1n) is 9.31. The molecule has 1 aliphatic rings. The summed E-state index contributed by atoms with van der Waals surface area (Å²) < 4.78 is 47.9. The van der Waals surface area contributed by atoms with Crippen LogP contribution in [0.4, 0.5) is 4.39 Å². The summed E-state index contributed by atoms with van der Waals surface area (Å²) in [5, 5.41) is 1.57. The van der Waals surface area contributed by atoms with Crippen LogP contribution in [-0.4, -0.2) is 28.2 Å². The van der Waals surface area contributed by atoms with Gasteiger partial charge in [0.05, 0.1) is 4.90 Å². The molecule has 0 saturated carbocycles. The lowest BCUT2D eigenvalue weighted by Gasteiger charge is -2.38. The summed E-state index contributed by atoms with van der Waals surface area (Å²) in [4.78, 5) is 0.270. The molecule has 0 bridgehead atoms. The van der Waals surface area contributed by atoms with E-state index in [2.05, 4.69) is 4.72 Å². The lowest BCUT2D eigenvalue weighted by atomic mass is 9.74. The summed E-state index contributed by atoms with van der Waals surface area (Å²) in [5.74, 6) is -0.303. The van der Waals surface area contributed by atoms with Crippen molar-refractivity contribution in [3.05, 3.63) is 78.1 Å². The van der Waals surface area contributed by atoms with Gasteiger partial charge in [-0.1, -0.05) is 48.5 Å². The minimum absolute atomic E-state index is 0.244. The number of rotatable bonds is 5. The molecule has 3 aromatic rings. The maximum atomic E-state index is 13.4. The van der Waals surface area contributed by atoms with Gasteiger partial charge in [-0.2, -0.15) is 0 Å². The second kappa shape index (κ2) is 7.62. The lowest BCUT2D eigenvalue weighted by Crippen LogP contribution is -2.44. The minimum atomic E-state index is -3.71. The third kappa shape index (κ3) is 3.68. The SMILES string of the molecule is O=S(=O)(NCC1(c2ccc(F)cc2)CCOCC1)c1cccc2ccccc12. The molecule has 1 aliphatic heterocycles. The topological polar surface area (TPSA) is 55.4 Å². The van der Waals surface area contributed by atoms with Crippen molar-refractivity contribution in [2.24, 2.45) is 0 Å². The van der Waals surface area contributed by atoms with E-state index in [0.29, 0.717) is 31.4 Å². The van der Waals surface area contributed by atoms with Gasteiger partial charge in [0.2, 0.25) is 10.0 Å². The van der Waals surface area contributed by atoms with Crippen LogP contribution in [0.25, 0.3) is 10.8 Å². The smallest absolute Gasteiger partial charge is 0.241 e. The van der Waals surface area contributed by atoms with Gasteiger partial charge in [0.15, 0.2) is 0 Å². The average Bonchev–Trinajstić information content (AvgIpc) is 2.73. The van der Waals surface area contributed by atoms with Gasteiger partial charge in [-0.3, -0.25) is 0 Å². The summed E-state index contributed by atoms with van der Waals surface area (Å²) in [5.41, 5.74) is 0.515. The summed E-state index contributed by atoms with van der Waals surface area (Å²) in [6.07, 6.45) is 1.35. The summed E-state index contributed by atoms with van der Waals surface area (Å²) in [7, 11) is -3.71. The molecule has 4 rings (SSSR count). The van der Waals surface area contributed by atoms with Crippen LogP contribution < -0.4 is 4.72 Å². The van der Waals surface area contributed by atoms with Crippen molar-refractivity contribution in [1.82, 2.24) is 4.72 Å². The second-order valence-electron chi connectivity index (χ2n) is 7.20. The molecule has 0 aromatic heterocycles. The molecule has 0 unspecified atom stereocenters. The average molecular weight is 399 g/mol. The molecule has 1 fully saturated rings. The first kappa shape index (κ1) is 19.1. The van der Waals surface area contributed by atoms with E-state index in [1.165, 1.54) is 12.1 Å². The van der Waals surface area contributed by atoms with Gasteiger partial charge in [-0.05, 0) is 42.0 Å². The van der Waals surface area contributed by atoms with Crippen LogP contribution in [0.5, 0.6) is 0 Å². The molecule has 4 nitrogen and oxygen atoms in total. The van der Waals surface area contributed by atoms with Crippen molar-refractivity contribution in [2.75, 3.05) is 19.8 Å². The molecular formula is C22H22FNO3S. The Kier molecular flexibility index (Phi) is 5.19. The number of fused-ring (bicyclic) bond motifs is 1. The number of sulfonamides is 1. The molecule has 3 aromatic carbocycles. The predicted molar refractivity (Wildman–Crippen MR) is 107 cm³/mol. The first-order valence-corrected chi connectivity index (χ1v) is 10.8. The van der Waals surface area contributed by atoms with Crippen LogP contribution in [0.3, 0.4) is 0 Å². The van der Waals surface area contributed by atoms with Crippen LogP contribution in [0.1, 0.15) is 18.4 Å². The van der Waals surface area contributed by atoms with E-state index in [1.807, 2.05) is 30.3 Å². The molecule has 28 heavy (non-hydrogen) atoms. The largest absolute Gasteiger partial charge is 0.381 e. The maximum absolute atomic E-state index is 13.4. The van der Waals surface area contributed by atoms with E-state index >= 15 is 0 Å². The first-order chi connectivity index (χ1) is 13.5. The monoisotopic (exact) mass is 399 g/mol. The van der Waals surface area contributed by atoms with E-state index in [-0.39, 0.29) is 17.3 Å². The van der Waals surface area contributed by atoms with Gasteiger partial charge in [0.25, 0.3) is 0 Å². The highest BCUT2D eigenvalue weighted by Crippen LogP contribution is 2.35. The minimum Gasteiger partial charge on any atom is -0.381 e. The molecule has 0 atom stereocenters. The van der Waals surface area contributed by atoms with E-state index in [4.69, 9.17) is 4.74 Å². The summed E-state index contributed by atoms with van der Waals surface area (Å²) >= 11 is 0. The van der Waals surface area contributed by atoms with Gasteiger partial charge >= 0.3 is 0 Å². The van der Waals surface area contributed by atoms with Crippen LogP contribution >= 0.6 is 0 Å². The molecule has 1 N–H and O–H groups in total. The molecule has 0 spiro atoms. The molecule has 1 heterocycles. The van der Waals surface area contributed by atoms with Gasteiger partial charge in [-0.15, -0.1) is 0 Å². The van der Waals surface area contributed by atoms with Gasteiger partial charge < -0.3 is 4.74 Å². The molecule has 0 amide bonds. The number of halogens is 1. The lowest BCUT2D eigenvalue weighted by molar-refractivity contribution is 0.0517. The summed E-state index contributed by atoms with van der Waals surface area (Å²) in [6, 6.07) is 19.0. The zero-order valence-electron chi connectivity index (χ0n) is 15.4. The highest BCUT2D eigenvalue weighted by Gasteiger charge is 2.36. The van der Waals surface area contributed by atoms with E-state index in [1.54, 1.807) is 24.3 Å². The Morgan fingerprint density at radius 1 is 0.929 bits per heavy atom. The number of ether oxygens (including phenoxy) is 1. The number of nitrogens with one attached hydrogen (secondary N) is 1. The fourth-order valence-corrected chi connectivity index (χ4v) is 5.23. The fourth-order valence-electron chi connectivity index (χ4n) is 3.87. The fraction of sp³-hybridized carbons (Fsp3) is 0.273. The van der Waals surface area contributed by atoms with Crippen molar-refractivity contribution >= 4 is 20.8 Å². The quantitative estimate of drug-likeness (QED) is 0.705. The van der Waals surface area contributed by atoms with Crippen LogP contribution in [0.2, 0.25) is 0 Å². The van der Waals surface area contributed by atoms with Crippen molar-refractivity contribution in [3.63, 3.8) is 0 Å². The van der Waals surface area contributed by atoms with Gasteiger partial charge in [-0.25, -0.2) is 17.5 Å². The Balaban J connectivity index is 1.65. The van der Waals surface area contributed by atoms with Crippen molar-refractivity contribution < 1.29 is 17.5 Å². The number of hydrogen-bond donors (Lipinski definition) is 1. The van der Waals surface area contributed by atoms with Gasteiger partial charge in [0, 0.05) is 30.6 Å². The van der Waals surface area contributed by atoms with E-state index in [0.717, 1.165) is 10.9 Å². The number of benzene rings is 3. The zero-order valence-corrected chi connectivity index (χ0v) is 16.2. The van der Waals surface area contributed by atoms with E-state index < -0.39 is 15.4 Å². The normalized spacial score (nSPS) is 16.9. The highest BCUT2D eigenvalue weighted by molar-refractivity contribution is 7.89. The standard InChI is InChI=1S/C22H22FNO3S/c23-19-10-8-18(9-11-19)22(12-14-27-15-13-22)16-24-28(25,26)21-7-3-5-17-4-1-2-6-20(17)21/h1-11,24H,12-16H2. The molecule has 1 saturated heterocycles. The molecule has 146 valence electrons. The molecule has 0 radical (unpaired) electrons. The third-order valence-electron chi connectivity index (χ3n) is 5.55. The third-order valence-corrected chi connectivity index (χ3v) is 7.01. The van der Waals surface area contributed by atoms with Crippen molar-refractivity contribution in [1.29, 1.82) is 0 Å². The van der Waals surface area contributed by atoms with Crippen molar-refractivity contribution in [3.8, 4) is 0 Å². The van der Waals surface area contributed by atoms with Crippen LogP contribution in [-0.2, 0) is 20.2 Å². The molecule has 0 aliphatic carbocycles. The Morgan fingerprint density at radius 3 is 2.36 bits per heavy atom. The Labute approximate surface area is 164 Å². The summed E-state index contributed by atoms with van der Waals surface area (Å²) in [6.45, 7) is 1.34. The van der Waals surface area contributed by atoms with Crippen LogP contribution in [0, 0.1) is 5.82 Å². The highest BCUT2D eigenvalue weighted by atomic mass is 32.2. The number of hydrogen-bond acceptors (Lipinski definition) is 3. The molecule has 6 heteroatoms. The predicted octanol–water partition coefficient (Wildman–Crippen LogP) is 4.01. The van der Waals surface area contributed by atoms with E-state index in [9.17, 15) is 12.8 Å². The van der Waals surface area contributed by atoms with Crippen molar-refractivity contribution in [2.45, 2.75) is 23.2 Å². The van der Waals surface area contributed by atoms with Gasteiger partial charge in [0.1, 0.15) is 5.82 Å². The second-order valence-corrected chi connectivity index (χ2v) is 8.94. The Bertz CT molecular complexity index is 1070. The zero-order chi connectivity index (χ0) is 19.6.